The van der Waals surface area contributed by atoms with Crippen LogP contribution >= 0.6 is 0 Å². The fraction of sp³-hybridized carbons (Fsp3) is 0.857. The molecule has 1 saturated carbocycles. The topological polar surface area (TPSA) is 87.7 Å². The number of aliphatic carboxylic acids is 1. The number of urea groups is 1. The Morgan fingerprint density at radius 3 is 2.60 bits per heavy atom. The minimum atomic E-state index is -1.26. The molecule has 2 fully saturated rings. The molecule has 0 bridgehead atoms. The molecule has 6 nitrogen and oxygen atoms in total. The van der Waals surface area contributed by atoms with Crippen LogP contribution in [0.5, 0.6) is 0 Å². The second-order valence-electron chi connectivity index (χ2n) is 5.86. The number of nitrogens with one attached hydrogen (secondary N) is 2. The zero-order valence-corrected chi connectivity index (χ0v) is 11.8. The van der Waals surface area contributed by atoms with E-state index in [4.69, 9.17) is 4.74 Å². The van der Waals surface area contributed by atoms with Crippen LogP contribution in [-0.4, -0.2) is 42.4 Å². The zero-order valence-electron chi connectivity index (χ0n) is 11.8. The second kappa shape index (κ2) is 6.92. The van der Waals surface area contributed by atoms with Gasteiger partial charge >= 0.3 is 12.0 Å². The number of carbonyl (C=O) groups is 2. The maximum Gasteiger partial charge on any atom is 0.332 e. The van der Waals surface area contributed by atoms with Crippen LogP contribution in [0.25, 0.3) is 0 Å². The molecule has 0 radical (unpaired) electrons. The van der Waals surface area contributed by atoms with Crippen LogP contribution in [0.4, 0.5) is 4.79 Å². The lowest BCUT2D eigenvalue weighted by atomic mass is 9.87. The van der Waals surface area contributed by atoms with Gasteiger partial charge in [-0.05, 0) is 12.3 Å². The van der Waals surface area contributed by atoms with Crippen molar-refractivity contribution in [2.75, 3.05) is 19.8 Å². The third kappa shape index (κ3) is 3.85. The summed E-state index contributed by atoms with van der Waals surface area (Å²) in [4.78, 5) is 23.1. The van der Waals surface area contributed by atoms with E-state index in [2.05, 4.69) is 10.6 Å². The van der Waals surface area contributed by atoms with E-state index in [-0.39, 0.29) is 6.61 Å². The van der Waals surface area contributed by atoms with Crippen molar-refractivity contribution in [1.82, 2.24) is 10.6 Å². The van der Waals surface area contributed by atoms with E-state index in [0.717, 1.165) is 6.42 Å². The number of rotatable bonds is 5. The largest absolute Gasteiger partial charge is 0.479 e. The maximum atomic E-state index is 11.8. The van der Waals surface area contributed by atoms with Crippen molar-refractivity contribution in [3.8, 4) is 0 Å². The molecule has 1 aliphatic carbocycles. The number of carboxylic acid groups (broad SMARTS) is 1. The van der Waals surface area contributed by atoms with Crippen molar-refractivity contribution in [3.63, 3.8) is 0 Å². The van der Waals surface area contributed by atoms with Gasteiger partial charge in [0, 0.05) is 19.6 Å². The molecule has 0 aromatic rings. The lowest BCUT2D eigenvalue weighted by Gasteiger charge is -2.25. The van der Waals surface area contributed by atoms with Gasteiger partial charge in [0.15, 0.2) is 5.54 Å². The Morgan fingerprint density at radius 1 is 1.25 bits per heavy atom. The first-order chi connectivity index (χ1) is 9.62. The van der Waals surface area contributed by atoms with E-state index in [1.807, 2.05) is 0 Å². The summed E-state index contributed by atoms with van der Waals surface area (Å²) in [6.07, 6.45) is 7.69. The number of carboxylic acids is 1. The molecule has 0 aromatic heterocycles. The van der Waals surface area contributed by atoms with Gasteiger partial charge in [-0.25, -0.2) is 9.59 Å². The molecule has 0 spiro atoms. The first kappa shape index (κ1) is 15.1. The average Bonchev–Trinajstić information content (AvgIpc) is 2.90. The van der Waals surface area contributed by atoms with Crippen molar-refractivity contribution >= 4 is 12.0 Å². The number of hydrogen-bond donors (Lipinski definition) is 3. The van der Waals surface area contributed by atoms with Crippen molar-refractivity contribution in [1.29, 1.82) is 0 Å². The third-order valence-corrected chi connectivity index (χ3v) is 4.35. The summed E-state index contributed by atoms with van der Waals surface area (Å²) in [6.45, 7) is 1.01. The maximum absolute atomic E-state index is 11.8. The smallest absolute Gasteiger partial charge is 0.332 e. The molecule has 6 heteroatoms. The highest BCUT2D eigenvalue weighted by Gasteiger charge is 2.43. The van der Waals surface area contributed by atoms with Gasteiger partial charge in [0.1, 0.15) is 0 Å². The van der Waals surface area contributed by atoms with Crippen LogP contribution < -0.4 is 10.6 Å². The molecular formula is C14H24N2O4. The van der Waals surface area contributed by atoms with Crippen LogP contribution in [0.1, 0.15) is 44.9 Å². The van der Waals surface area contributed by atoms with Crippen molar-refractivity contribution in [3.05, 3.63) is 0 Å². The van der Waals surface area contributed by atoms with Crippen LogP contribution in [0.3, 0.4) is 0 Å². The summed E-state index contributed by atoms with van der Waals surface area (Å²) >= 11 is 0. The van der Waals surface area contributed by atoms with Gasteiger partial charge in [0.2, 0.25) is 0 Å². The standard InChI is InChI=1S/C14H24N2O4/c17-12(18)14(7-9-20-10-14)16-13(19)15-8-6-11-4-2-1-3-5-11/h11H,1-10H2,(H,17,18)(H2,15,16,19). The summed E-state index contributed by atoms with van der Waals surface area (Å²) in [5.41, 5.74) is -1.26. The number of ether oxygens (including phenoxy) is 1. The van der Waals surface area contributed by atoms with E-state index in [1.54, 1.807) is 0 Å². The van der Waals surface area contributed by atoms with Gasteiger partial charge in [0.05, 0.1) is 6.61 Å². The molecule has 20 heavy (non-hydrogen) atoms. The van der Waals surface area contributed by atoms with Gasteiger partial charge < -0.3 is 20.5 Å². The van der Waals surface area contributed by atoms with E-state index in [0.29, 0.717) is 25.5 Å². The van der Waals surface area contributed by atoms with Crippen molar-refractivity contribution in [2.45, 2.75) is 50.5 Å². The zero-order chi connectivity index (χ0) is 14.4. The molecule has 1 atom stereocenters. The predicted octanol–water partition coefficient (Wildman–Crippen LogP) is 1.50. The fourth-order valence-corrected chi connectivity index (χ4v) is 3.01. The highest BCUT2D eigenvalue weighted by Crippen LogP contribution is 2.25. The Hall–Kier alpha value is -1.30. The molecule has 2 aliphatic rings. The molecule has 114 valence electrons. The van der Waals surface area contributed by atoms with Crippen LogP contribution in [0.15, 0.2) is 0 Å². The molecule has 3 N–H and O–H groups in total. The average molecular weight is 284 g/mol. The van der Waals surface area contributed by atoms with Crippen molar-refractivity contribution in [2.24, 2.45) is 5.92 Å². The van der Waals surface area contributed by atoms with Gasteiger partial charge in [-0.3, -0.25) is 0 Å². The van der Waals surface area contributed by atoms with Gasteiger partial charge in [-0.1, -0.05) is 32.1 Å². The summed E-state index contributed by atoms with van der Waals surface area (Å²) < 4.78 is 5.10. The third-order valence-electron chi connectivity index (χ3n) is 4.35. The molecular weight excluding hydrogens is 260 g/mol. The summed E-state index contributed by atoms with van der Waals surface area (Å²) in [5.74, 6) is -0.329. The highest BCUT2D eigenvalue weighted by atomic mass is 16.5. The van der Waals surface area contributed by atoms with Gasteiger partial charge in [-0.15, -0.1) is 0 Å². The predicted molar refractivity (Wildman–Crippen MR) is 73.5 cm³/mol. The number of carbonyl (C=O) groups excluding carboxylic acids is 1. The summed E-state index contributed by atoms with van der Waals surface area (Å²) in [7, 11) is 0. The van der Waals surface area contributed by atoms with E-state index in [9.17, 15) is 14.7 Å². The van der Waals surface area contributed by atoms with E-state index < -0.39 is 17.5 Å². The molecule has 1 heterocycles. The van der Waals surface area contributed by atoms with Crippen LogP contribution in [0.2, 0.25) is 0 Å². The quantitative estimate of drug-likeness (QED) is 0.714. The number of hydrogen-bond acceptors (Lipinski definition) is 3. The molecule has 0 aromatic carbocycles. The first-order valence-corrected chi connectivity index (χ1v) is 7.49. The monoisotopic (exact) mass is 284 g/mol. The van der Waals surface area contributed by atoms with Crippen molar-refractivity contribution < 1.29 is 19.4 Å². The molecule has 1 unspecified atom stereocenters. The molecule has 1 aliphatic heterocycles. The lowest BCUT2D eigenvalue weighted by molar-refractivity contribution is -0.144. The Bertz CT molecular complexity index is 347. The molecule has 1 saturated heterocycles. The highest BCUT2D eigenvalue weighted by molar-refractivity contribution is 5.86. The number of amides is 2. The Balaban J connectivity index is 1.70. The van der Waals surface area contributed by atoms with E-state index in [1.165, 1.54) is 32.1 Å². The first-order valence-electron chi connectivity index (χ1n) is 7.49. The minimum absolute atomic E-state index is 0.0401. The lowest BCUT2D eigenvalue weighted by Crippen LogP contribution is -2.57. The van der Waals surface area contributed by atoms with Crippen LogP contribution in [-0.2, 0) is 9.53 Å². The Labute approximate surface area is 119 Å². The Kier molecular flexibility index (Phi) is 5.23. The Morgan fingerprint density at radius 2 is 2.00 bits per heavy atom. The minimum Gasteiger partial charge on any atom is -0.479 e. The van der Waals surface area contributed by atoms with Crippen LogP contribution in [0, 0.1) is 5.92 Å². The summed E-state index contributed by atoms with van der Waals surface area (Å²) in [5, 5.41) is 14.5. The van der Waals surface area contributed by atoms with Gasteiger partial charge in [0.25, 0.3) is 0 Å². The van der Waals surface area contributed by atoms with E-state index >= 15 is 0 Å². The summed E-state index contributed by atoms with van der Waals surface area (Å²) in [6, 6.07) is -0.409. The SMILES string of the molecule is O=C(NCCC1CCCCC1)NC1(C(=O)O)CCOC1. The molecule has 2 amide bonds. The molecule has 2 rings (SSSR count). The van der Waals surface area contributed by atoms with Gasteiger partial charge in [-0.2, -0.15) is 0 Å². The normalized spacial score (nSPS) is 27.2. The fourth-order valence-electron chi connectivity index (χ4n) is 3.01. The second-order valence-corrected chi connectivity index (χ2v) is 5.86.